The van der Waals surface area contributed by atoms with Crippen LogP contribution in [-0.4, -0.2) is 12.1 Å². The first kappa shape index (κ1) is 12.1. The highest BCUT2D eigenvalue weighted by Crippen LogP contribution is 2.27. The van der Waals surface area contributed by atoms with Gasteiger partial charge in [0.2, 0.25) is 5.88 Å². The normalized spacial score (nSPS) is 10.3. The third-order valence-electron chi connectivity index (χ3n) is 2.71. The van der Waals surface area contributed by atoms with Gasteiger partial charge in [-0.25, -0.2) is 4.98 Å². The van der Waals surface area contributed by atoms with E-state index >= 15 is 0 Å². The molecule has 3 heteroatoms. The monoisotopic (exact) mass is 291 g/mol. The number of hydrogen-bond acceptors (Lipinski definition) is 2. The lowest BCUT2D eigenvalue weighted by Gasteiger charge is -2.09. The van der Waals surface area contributed by atoms with E-state index in [1.54, 1.807) is 13.3 Å². The Hall–Kier alpha value is -1.35. The van der Waals surface area contributed by atoms with Crippen LogP contribution in [0.15, 0.2) is 36.5 Å². The van der Waals surface area contributed by atoms with Gasteiger partial charge in [-0.3, -0.25) is 0 Å². The maximum Gasteiger partial charge on any atom is 0.213 e. The Kier molecular flexibility index (Phi) is 3.79. The van der Waals surface area contributed by atoms with Gasteiger partial charge < -0.3 is 4.74 Å². The highest BCUT2D eigenvalue weighted by molar-refractivity contribution is 9.08. The Morgan fingerprint density at radius 2 is 2.06 bits per heavy atom. The highest BCUT2D eigenvalue weighted by Gasteiger charge is 2.04. The number of halogens is 1. The van der Waals surface area contributed by atoms with Crippen LogP contribution in [0.4, 0.5) is 0 Å². The number of ether oxygens (including phenoxy) is 1. The lowest BCUT2D eigenvalue weighted by atomic mass is 9.99. The van der Waals surface area contributed by atoms with Gasteiger partial charge in [0, 0.05) is 17.6 Å². The van der Waals surface area contributed by atoms with Gasteiger partial charge in [0.25, 0.3) is 0 Å². The quantitative estimate of drug-likeness (QED) is 0.799. The van der Waals surface area contributed by atoms with Gasteiger partial charge in [0.1, 0.15) is 0 Å². The van der Waals surface area contributed by atoms with Crippen molar-refractivity contribution < 1.29 is 4.74 Å². The maximum absolute atomic E-state index is 5.15. The summed E-state index contributed by atoms with van der Waals surface area (Å²) < 4.78 is 5.15. The minimum Gasteiger partial charge on any atom is -0.481 e. The SMILES string of the molecule is COc1cc(-c2cc(CBr)ccc2C)ccn1. The molecule has 0 saturated heterocycles. The first-order chi connectivity index (χ1) is 8.24. The standard InChI is InChI=1S/C14H14BrNO/c1-10-3-4-11(9-15)7-13(10)12-5-6-16-14(8-12)17-2/h3-8H,9H2,1-2H3. The van der Waals surface area contributed by atoms with Crippen LogP contribution >= 0.6 is 15.9 Å². The third-order valence-corrected chi connectivity index (χ3v) is 3.36. The number of benzene rings is 1. The summed E-state index contributed by atoms with van der Waals surface area (Å²) in [5, 5.41) is 0.864. The van der Waals surface area contributed by atoms with Gasteiger partial charge in [0.05, 0.1) is 7.11 Å². The van der Waals surface area contributed by atoms with Crippen LogP contribution in [0.3, 0.4) is 0 Å². The Balaban J connectivity index is 2.50. The molecule has 2 nitrogen and oxygen atoms in total. The zero-order chi connectivity index (χ0) is 12.3. The molecule has 0 N–H and O–H groups in total. The number of aromatic nitrogens is 1. The second kappa shape index (κ2) is 5.32. The van der Waals surface area contributed by atoms with E-state index in [4.69, 9.17) is 4.74 Å². The van der Waals surface area contributed by atoms with E-state index in [0.29, 0.717) is 5.88 Å². The van der Waals surface area contributed by atoms with Gasteiger partial charge >= 0.3 is 0 Å². The van der Waals surface area contributed by atoms with Crippen LogP contribution in [0.25, 0.3) is 11.1 Å². The second-order valence-electron chi connectivity index (χ2n) is 3.87. The molecule has 17 heavy (non-hydrogen) atoms. The highest BCUT2D eigenvalue weighted by atomic mass is 79.9. The first-order valence-corrected chi connectivity index (χ1v) is 6.52. The summed E-state index contributed by atoms with van der Waals surface area (Å²) in [6.07, 6.45) is 1.77. The van der Waals surface area contributed by atoms with E-state index in [1.807, 2.05) is 12.1 Å². The van der Waals surface area contributed by atoms with Crippen molar-refractivity contribution in [3.05, 3.63) is 47.7 Å². The smallest absolute Gasteiger partial charge is 0.213 e. The van der Waals surface area contributed by atoms with Crippen molar-refractivity contribution >= 4 is 15.9 Å². The van der Waals surface area contributed by atoms with E-state index in [9.17, 15) is 0 Å². The van der Waals surface area contributed by atoms with Crippen LogP contribution in [-0.2, 0) is 5.33 Å². The number of hydrogen-bond donors (Lipinski definition) is 0. The summed E-state index contributed by atoms with van der Waals surface area (Å²) in [6.45, 7) is 2.11. The fourth-order valence-electron chi connectivity index (χ4n) is 1.75. The van der Waals surface area contributed by atoms with E-state index < -0.39 is 0 Å². The molecule has 88 valence electrons. The van der Waals surface area contributed by atoms with Crippen LogP contribution in [0, 0.1) is 6.92 Å². The molecule has 1 aromatic carbocycles. The lowest BCUT2D eigenvalue weighted by Crippen LogP contribution is -1.90. The van der Waals surface area contributed by atoms with Crippen LogP contribution in [0.5, 0.6) is 5.88 Å². The molecule has 0 amide bonds. The van der Waals surface area contributed by atoms with E-state index in [-0.39, 0.29) is 0 Å². The predicted molar refractivity (Wildman–Crippen MR) is 73.6 cm³/mol. The fourth-order valence-corrected chi connectivity index (χ4v) is 2.10. The molecule has 0 radical (unpaired) electrons. The van der Waals surface area contributed by atoms with Crippen LogP contribution in [0.2, 0.25) is 0 Å². The topological polar surface area (TPSA) is 22.1 Å². The lowest BCUT2D eigenvalue weighted by molar-refractivity contribution is 0.398. The van der Waals surface area contributed by atoms with Crippen molar-refractivity contribution in [2.24, 2.45) is 0 Å². The average molecular weight is 292 g/mol. The molecule has 0 saturated carbocycles. The Bertz CT molecular complexity index is 525. The Labute approximate surface area is 110 Å². The summed E-state index contributed by atoms with van der Waals surface area (Å²) in [5.41, 5.74) is 4.88. The molecule has 0 fully saturated rings. The van der Waals surface area contributed by atoms with Gasteiger partial charge in [0.15, 0.2) is 0 Å². The van der Waals surface area contributed by atoms with Gasteiger partial charge in [-0.15, -0.1) is 0 Å². The fraction of sp³-hybridized carbons (Fsp3) is 0.214. The van der Waals surface area contributed by atoms with E-state index in [2.05, 4.69) is 46.0 Å². The van der Waals surface area contributed by atoms with Crippen LogP contribution in [0.1, 0.15) is 11.1 Å². The summed E-state index contributed by atoms with van der Waals surface area (Å²) >= 11 is 3.48. The summed E-state index contributed by atoms with van der Waals surface area (Å²) in [5.74, 6) is 0.645. The van der Waals surface area contributed by atoms with Crippen molar-refractivity contribution in [2.45, 2.75) is 12.3 Å². The zero-order valence-corrected chi connectivity index (χ0v) is 11.5. The number of nitrogens with zero attached hydrogens (tertiary/aromatic N) is 1. The molecule has 2 rings (SSSR count). The van der Waals surface area contributed by atoms with Crippen LogP contribution < -0.4 is 4.74 Å². The van der Waals surface area contributed by atoms with Gasteiger partial charge in [-0.2, -0.15) is 0 Å². The minimum absolute atomic E-state index is 0.645. The number of aryl methyl sites for hydroxylation is 1. The second-order valence-corrected chi connectivity index (χ2v) is 4.43. The van der Waals surface area contributed by atoms with E-state index in [1.165, 1.54) is 16.7 Å². The maximum atomic E-state index is 5.15. The number of rotatable bonds is 3. The predicted octanol–water partition coefficient (Wildman–Crippen LogP) is 3.96. The molecule has 0 aliphatic rings. The summed E-state index contributed by atoms with van der Waals surface area (Å²) in [6, 6.07) is 10.4. The zero-order valence-electron chi connectivity index (χ0n) is 9.90. The number of methoxy groups -OCH3 is 1. The van der Waals surface area contributed by atoms with Crippen molar-refractivity contribution in [2.75, 3.05) is 7.11 Å². The first-order valence-electron chi connectivity index (χ1n) is 5.40. The summed E-state index contributed by atoms with van der Waals surface area (Å²) in [7, 11) is 1.63. The largest absolute Gasteiger partial charge is 0.481 e. The molecule has 0 aliphatic heterocycles. The minimum atomic E-state index is 0.645. The van der Waals surface area contributed by atoms with Crippen molar-refractivity contribution in [1.29, 1.82) is 0 Å². The molecular formula is C14H14BrNO. The summed E-state index contributed by atoms with van der Waals surface area (Å²) in [4.78, 5) is 4.12. The van der Waals surface area contributed by atoms with Crippen molar-refractivity contribution in [1.82, 2.24) is 4.98 Å². The molecule has 0 unspecified atom stereocenters. The molecule has 0 bridgehead atoms. The van der Waals surface area contributed by atoms with Crippen molar-refractivity contribution in [3.63, 3.8) is 0 Å². The molecular weight excluding hydrogens is 278 g/mol. The third kappa shape index (κ3) is 2.67. The molecule has 1 aromatic heterocycles. The Morgan fingerprint density at radius 1 is 1.24 bits per heavy atom. The Morgan fingerprint density at radius 3 is 2.76 bits per heavy atom. The molecule has 0 aliphatic carbocycles. The molecule has 2 aromatic rings. The number of alkyl halides is 1. The molecule has 0 atom stereocenters. The van der Waals surface area contributed by atoms with E-state index in [0.717, 1.165) is 10.9 Å². The van der Waals surface area contributed by atoms with Gasteiger partial charge in [-0.1, -0.05) is 34.1 Å². The average Bonchev–Trinajstić information content (AvgIpc) is 2.39. The molecule has 1 heterocycles. The van der Waals surface area contributed by atoms with Gasteiger partial charge in [-0.05, 0) is 35.2 Å². The molecule has 0 spiro atoms. The number of pyridine rings is 1. The van der Waals surface area contributed by atoms with Crippen molar-refractivity contribution in [3.8, 4) is 17.0 Å².